The van der Waals surface area contributed by atoms with Crippen LogP contribution in [-0.2, 0) is 20.7 Å². The number of carboxylic acid groups (broad SMARTS) is 1. The summed E-state index contributed by atoms with van der Waals surface area (Å²) >= 11 is 0. The Morgan fingerprint density at radius 2 is 1.67 bits per heavy atom. The Kier molecular flexibility index (Phi) is 8.49. The number of hydrogen-bond acceptors (Lipinski definition) is 7. The standard InChI is InChI=1S/C23H26N2O8/c1-23(2,3)33-22(29)24-19(20(26)27)14-16(13-15-7-5-4-6-8-15)21(28)32-18-11-9-17(10-12-18)25(30)31/h4-12,16,19H,13-14H2,1-3H3,(H,24,29)(H,26,27)/t16?,19-/m0/s1. The van der Waals surface area contributed by atoms with E-state index in [0.29, 0.717) is 0 Å². The van der Waals surface area contributed by atoms with E-state index >= 15 is 0 Å². The lowest BCUT2D eigenvalue weighted by molar-refractivity contribution is -0.384. The first-order chi connectivity index (χ1) is 15.4. The lowest BCUT2D eigenvalue weighted by atomic mass is 9.92. The van der Waals surface area contributed by atoms with E-state index in [1.54, 1.807) is 51.1 Å². The number of carbonyl (C=O) groups excluding carboxylic acids is 2. The zero-order chi connectivity index (χ0) is 24.6. The van der Waals surface area contributed by atoms with Crippen LogP contribution in [-0.4, -0.2) is 39.7 Å². The molecule has 0 fully saturated rings. The van der Waals surface area contributed by atoms with Crippen LogP contribution in [0.15, 0.2) is 54.6 Å². The molecular formula is C23H26N2O8. The van der Waals surface area contributed by atoms with E-state index in [-0.39, 0.29) is 24.3 Å². The Labute approximate surface area is 190 Å². The molecule has 0 radical (unpaired) electrons. The molecule has 10 nitrogen and oxygen atoms in total. The van der Waals surface area contributed by atoms with Crippen LogP contribution in [0.5, 0.6) is 5.75 Å². The van der Waals surface area contributed by atoms with Gasteiger partial charge in [0.05, 0.1) is 10.8 Å². The number of nitro benzene ring substituents is 1. The molecule has 0 aliphatic carbocycles. The lowest BCUT2D eigenvalue weighted by Crippen LogP contribution is -2.45. The highest BCUT2D eigenvalue weighted by Gasteiger charge is 2.31. The average Bonchev–Trinajstić information content (AvgIpc) is 2.72. The van der Waals surface area contributed by atoms with Gasteiger partial charge in [-0.1, -0.05) is 30.3 Å². The van der Waals surface area contributed by atoms with Crippen LogP contribution in [0, 0.1) is 16.0 Å². The Bertz CT molecular complexity index is 984. The van der Waals surface area contributed by atoms with Crippen LogP contribution in [0.3, 0.4) is 0 Å². The van der Waals surface area contributed by atoms with Crippen molar-refractivity contribution in [1.82, 2.24) is 5.32 Å². The van der Waals surface area contributed by atoms with E-state index in [4.69, 9.17) is 9.47 Å². The molecule has 10 heteroatoms. The zero-order valence-electron chi connectivity index (χ0n) is 18.5. The monoisotopic (exact) mass is 458 g/mol. The average molecular weight is 458 g/mol. The molecule has 2 rings (SSSR count). The highest BCUT2D eigenvalue weighted by Crippen LogP contribution is 2.22. The summed E-state index contributed by atoms with van der Waals surface area (Å²) in [4.78, 5) is 47.0. The van der Waals surface area contributed by atoms with E-state index in [0.717, 1.165) is 5.56 Å². The summed E-state index contributed by atoms with van der Waals surface area (Å²) in [5.41, 5.74) is -0.224. The van der Waals surface area contributed by atoms with Crippen molar-refractivity contribution >= 4 is 23.7 Å². The number of nitrogens with zero attached hydrogens (tertiary/aromatic N) is 1. The molecule has 2 N–H and O–H groups in total. The molecule has 2 atom stereocenters. The minimum atomic E-state index is -1.40. The van der Waals surface area contributed by atoms with Gasteiger partial charge in [-0.25, -0.2) is 9.59 Å². The van der Waals surface area contributed by atoms with Gasteiger partial charge in [-0.2, -0.15) is 0 Å². The molecule has 2 aromatic rings. The topological polar surface area (TPSA) is 145 Å². The van der Waals surface area contributed by atoms with Crippen molar-refractivity contribution in [2.75, 3.05) is 0 Å². The van der Waals surface area contributed by atoms with Crippen molar-refractivity contribution in [2.45, 2.75) is 45.3 Å². The maximum atomic E-state index is 12.9. The molecule has 0 saturated heterocycles. The van der Waals surface area contributed by atoms with Gasteiger partial charge in [0, 0.05) is 12.1 Å². The van der Waals surface area contributed by atoms with Gasteiger partial charge >= 0.3 is 18.0 Å². The predicted octanol–water partition coefficient (Wildman–Crippen LogP) is 3.73. The number of nitrogens with one attached hydrogen (secondary N) is 1. The number of aliphatic carboxylic acids is 1. The summed E-state index contributed by atoms with van der Waals surface area (Å²) in [6.07, 6.45) is -1.01. The molecule has 33 heavy (non-hydrogen) atoms. The highest BCUT2D eigenvalue weighted by atomic mass is 16.6. The predicted molar refractivity (Wildman–Crippen MR) is 118 cm³/mol. The van der Waals surface area contributed by atoms with Gasteiger partial charge in [-0.15, -0.1) is 0 Å². The second-order valence-electron chi connectivity index (χ2n) is 8.33. The summed E-state index contributed by atoms with van der Waals surface area (Å²) in [5.74, 6) is -2.92. The number of amides is 1. The smallest absolute Gasteiger partial charge is 0.408 e. The summed E-state index contributed by atoms with van der Waals surface area (Å²) < 4.78 is 10.5. The fourth-order valence-corrected chi connectivity index (χ4v) is 2.95. The van der Waals surface area contributed by atoms with Crippen LogP contribution in [0.2, 0.25) is 0 Å². The number of benzene rings is 2. The van der Waals surface area contributed by atoms with Gasteiger partial charge in [0.15, 0.2) is 0 Å². The van der Waals surface area contributed by atoms with Crippen LogP contribution >= 0.6 is 0 Å². The molecule has 1 unspecified atom stereocenters. The van der Waals surface area contributed by atoms with Crippen molar-refractivity contribution in [3.8, 4) is 5.75 Å². The Morgan fingerprint density at radius 3 is 2.18 bits per heavy atom. The highest BCUT2D eigenvalue weighted by molar-refractivity contribution is 5.82. The fourth-order valence-electron chi connectivity index (χ4n) is 2.95. The van der Waals surface area contributed by atoms with Crippen molar-refractivity contribution in [1.29, 1.82) is 0 Å². The fraction of sp³-hybridized carbons (Fsp3) is 0.348. The van der Waals surface area contributed by atoms with Crippen molar-refractivity contribution in [3.05, 3.63) is 70.3 Å². The molecule has 1 amide bonds. The van der Waals surface area contributed by atoms with Crippen LogP contribution in [0.25, 0.3) is 0 Å². The zero-order valence-corrected chi connectivity index (χ0v) is 18.5. The molecule has 0 aliphatic heterocycles. The normalized spacial score (nSPS) is 12.8. The Hall–Kier alpha value is -3.95. The summed E-state index contributed by atoms with van der Waals surface area (Å²) in [6.45, 7) is 4.92. The third kappa shape index (κ3) is 8.60. The van der Waals surface area contributed by atoms with E-state index in [1.807, 2.05) is 0 Å². The maximum Gasteiger partial charge on any atom is 0.408 e. The molecule has 0 saturated carbocycles. The minimum Gasteiger partial charge on any atom is -0.480 e. The first-order valence-electron chi connectivity index (χ1n) is 10.2. The third-order valence-corrected chi connectivity index (χ3v) is 4.43. The van der Waals surface area contributed by atoms with E-state index in [2.05, 4.69) is 5.32 Å². The lowest BCUT2D eigenvalue weighted by Gasteiger charge is -2.24. The van der Waals surface area contributed by atoms with Crippen molar-refractivity contribution in [2.24, 2.45) is 5.92 Å². The number of alkyl carbamates (subject to hydrolysis) is 1. The van der Waals surface area contributed by atoms with Gasteiger partial charge in [0.25, 0.3) is 5.69 Å². The Morgan fingerprint density at radius 1 is 1.06 bits per heavy atom. The number of esters is 1. The van der Waals surface area contributed by atoms with E-state index in [9.17, 15) is 29.6 Å². The van der Waals surface area contributed by atoms with Crippen LogP contribution in [0.1, 0.15) is 32.8 Å². The van der Waals surface area contributed by atoms with Gasteiger partial charge in [0.2, 0.25) is 0 Å². The van der Waals surface area contributed by atoms with Gasteiger partial charge < -0.3 is 19.9 Å². The molecule has 0 aliphatic rings. The van der Waals surface area contributed by atoms with E-state index in [1.165, 1.54) is 24.3 Å². The number of hydrogen-bond donors (Lipinski definition) is 2. The maximum absolute atomic E-state index is 12.9. The molecule has 0 heterocycles. The first-order valence-corrected chi connectivity index (χ1v) is 10.2. The molecule has 0 bridgehead atoms. The number of carboxylic acids is 1. The first kappa shape index (κ1) is 25.3. The third-order valence-electron chi connectivity index (χ3n) is 4.43. The summed E-state index contributed by atoms with van der Waals surface area (Å²) in [6, 6.07) is 12.5. The second kappa shape index (κ2) is 11.1. The van der Waals surface area contributed by atoms with Crippen molar-refractivity contribution < 1.29 is 33.9 Å². The Balaban J connectivity index is 2.20. The second-order valence-corrected chi connectivity index (χ2v) is 8.33. The summed E-state index contributed by atoms with van der Waals surface area (Å²) in [5, 5.41) is 22.7. The quantitative estimate of drug-likeness (QED) is 0.250. The van der Waals surface area contributed by atoms with Crippen molar-refractivity contribution in [3.63, 3.8) is 0 Å². The molecular weight excluding hydrogens is 432 g/mol. The van der Waals surface area contributed by atoms with Crippen LogP contribution < -0.4 is 10.1 Å². The number of non-ortho nitro benzene ring substituents is 1. The molecule has 2 aromatic carbocycles. The minimum absolute atomic E-state index is 0.0793. The van der Waals surface area contributed by atoms with E-state index < -0.39 is 40.5 Å². The SMILES string of the molecule is CC(C)(C)OC(=O)N[C@@H](CC(Cc1ccccc1)C(=O)Oc1ccc([N+](=O)[O-])cc1)C(=O)O. The van der Waals surface area contributed by atoms with Gasteiger partial charge in [0.1, 0.15) is 17.4 Å². The summed E-state index contributed by atoms with van der Waals surface area (Å²) in [7, 11) is 0. The number of ether oxygens (including phenoxy) is 2. The van der Waals surface area contributed by atoms with Gasteiger partial charge in [-0.05, 0) is 51.3 Å². The van der Waals surface area contributed by atoms with Crippen LogP contribution in [0.4, 0.5) is 10.5 Å². The number of nitro groups is 1. The number of rotatable bonds is 9. The molecule has 0 spiro atoms. The largest absolute Gasteiger partial charge is 0.480 e. The van der Waals surface area contributed by atoms with Gasteiger partial charge in [-0.3, -0.25) is 14.9 Å². The molecule has 0 aromatic heterocycles. The number of carbonyl (C=O) groups is 3. The molecule has 176 valence electrons.